The van der Waals surface area contributed by atoms with Crippen molar-refractivity contribution in [3.8, 4) is 0 Å². The first-order chi connectivity index (χ1) is 11.9. The van der Waals surface area contributed by atoms with Crippen LogP contribution in [0.15, 0.2) is 36.7 Å². The van der Waals surface area contributed by atoms with Crippen molar-refractivity contribution < 1.29 is 13.2 Å². The molecular weight excluding hydrogens is 331 g/mol. The number of benzene rings is 1. The third kappa shape index (κ3) is 3.04. The molecule has 1 aliphatic carbocycles. The molecule has 1 aromatic carbocycles. The molecule has 1 aliphatic rings. The van der Waals surface area contributed by atoms with E-state index in [0.29, 0.717) is 22.9 Å². The molecule has 0 radical (unpaired) electrons. The fourth-order valence-corrected chi connectivity index (χ4v) is 2.84. The Kier molecular flexibility index (Phi) is 3.63. The topological polar surface area (TPSA) is 55.1 Å². The number of hydrogen-bond acceptors (Lipinski definition) is 4. The summed E-state index contributed by atoms with van der Waals surface area (Å²) >= 11 is 0. The molecule has 1 atom stereocenters. The van der Waals surface area contributed by atoms with E-state index in [1.54, 1.807) is 19.2 Å². The van der Waals surface area contributed by atoms with Crippen molar-refractivity contribution in [2.24, 2.45) is 0 Å². The van der Waals surface area contributed by atoms with Gasteiger partial charge in [0, 0.05) is 18.3 Å². The van der Waals surface area contributed by atoms with Gasteiger partial charge in [0.1, 0.15) is 5.82 Å². The Morgan fingerprint density at radius 3 is 2.76 bits per heavy atom. The molecule has 0 saturated heterocycles. The maximum absolute atomic E-state index is 12.9. The average molecular weight is 347 g/mol. The molecule has 1 saturated carbocycles. The maximum atomic E-state index is 12.9. The standard InChI is InChI=1S/C17H16F3N5/c1-10(12-3-2-4-13(9-12)17(18,19)20)22-14-16-24-23-15(11-5-6-11)25(16)8-7-21-14/h2-4,7-11H,5-6H2,1H3,(H,21,22). The van der Waals surface area contributed by atoms with Crippen molar-refractivity contribution in [2.75, 3.05) is 5.32 Å². The Labute approximate surface area is 141 Å². The highest BCUT2D eigenvalue weighted by Gasteiger charge is 2.31. The summed E-state index contributed by atoms with van der Waals surface area (Å²) in [4.78, 5) is 4.28. The molecule has 1 N–H and O–H groups in total. The number of aromatic nitrogens is 4. The monoisotopic (exact) mass is 347 g/mol. The number of halogens is 3. The van der Waals surface area contributed by atoms with Crippen LogP contribution >= 0.6 is 0 Å². The summed E-state index contributed by atoms with van der Waals surface area (Å²) in [6.45, 7) is 1.79. The number of anilines is 1. The van der Waals surface area contributed by atoms with Crippen LogP contribution in [0.1, 0.15) is 48.7 Å². The zero-order valence-electron chi connectivity index (χ0n) is 13.5. The average Bonchev–Trinajstić information content (AvgIpc) is 3.33. The molecule has 0 spiro atoms. The van der Waals surface area contributed by atoms with Gasteiger partial charge >= 0.3 is 6.18 Å². The first kappa shape index (κ1) is 15.9. The molecule has 4 rings (SSSR count). The van der Waals surface area contributed by atoms with Crippen LogP contribution in [-0.2, 0) is 6.18 Å². The summed E-state index contributed by atoms with van der Waals surface area (Å²) in [5.41, 5.74) is 0.451. The lowest BCUT2D eigenvalue weighted by Crippen LogP contribution is -2.11. The van der Waals surface area contributed by atoms with E-state index in [9.17, 15) is 13.2 Å². The minimum atomic E-state index is -4.36. The van der Waals surface area contributed by atoms with Crippen LogP contribution in [0.5, 0.6) is 0 Å². The fourth-order valence-electron chi connectivity index (χ4n) is 2.84. The summed E-state index contributed by atoms with van der Waals surface area (Å²) in [5, 5.41) is 11.6. The van der Waals surface area contributed by atoms with Gasteiger partial charge in [-0.25, -0.2) is 4.98 Å². The predicted octanol–water partition coefficient (Wildman–Crippen LogP) is 4.19. The van der Waals surface area contributed by atoms with Gasteiger partial charge in [-0.2, -0.15) is 13.2 Å². The van der Waals surface area contributed by atoms with Gasteiger partial charge in [-0.05, 0) is 37.5 Å². The molecule has 2 aromatic heterocycles. The van der Waals surface area contributed by atoms with Crippen LogP contribution in [0.25, 0.3) is 5.65 Å². The number of nitrogens with zero attached hydrogens (tertiary/aromatic N) is 4. The van der Waals surface area contributed by atoms with E-state index in [0.717, 1.165) is 30.8 Å². The zero-order chi connectivity index (χ0) is 17.6. The van der Waals surface area contributed by atoms with Gasteiger partial charge in [-0.1, -0.05) is 12.1 Å². The first-order valence-corrected chi connectivity index (χ1v) is 8.07. The van der Waals surface area contributed by atoms with Crippen molar-refractivity contribution in [1.29, 1.82) is 0 Å². The lowest BCUT2D eigenvalue weighted by Gasteiger charge is -2.17. The summed E-state index contributed by atoms with van der Waals surface area (Å²) in [5.74, 6) is 1.85. The van der Waals surface area contributed by atoms with Crippen molar-refractivity contribution in [2.45, 2.75) is 37.9 Å². The van der Waals surface area contributed by atoms with E-state index < -0.39 is 11.7 Å². The summed E-state index contributed by atoms with van der Waals surface area (Å²) in [6, 6.07) is 4.92. The second-order valence-corrected chi connectivity index (χ2v) is 6.29. The number of nitrogens with one attached hydrogen (secondary N) is 1. The Balaban J connectivity index is 1.63. The Hall–Kier alpha value is -2.64. The van der Waals surface area contributed by atoms with Crippen LogP contribution in [0.2, 0.25) is 0 Å². The third-order valence-corrected chi connectivity index (χ3v) is 4.36. The molecule has 8 heteroatoms. The second kappa shape index (κ2) is 5.72. The van der Waals surface area contributed by atoms with Gasteiger partial charge in [0.05, 0.1) is 11.6 Å². The number of rotatable bonds is 4. The maximum Gasteiger partial charge on any atom is 0.416 e. The predicted molar refractivity (Wildman–Crippen MR) is 86.2 cm³/mol. The van der Waals surface area contributed by atoms with Gasteiger partial charge in [0.15, 0.2) is 5.82 Å². The molecule has 2 heterocycles. The molecule has 5 nitrogen and oxygen atoms in total. The summed E-state index contributed by atoms with van der Waals surface area (Å²) in [7, 11) is 0. The lowest BCUT2D eigenvalue weighted by atomic mass is 10.0. The molecule has 1 unspecified atom stereocenters. The van der Waals surface area contributed by atoms with Crippen LogP contribution in [-0.4, -0.2) is 19.6 Å². The van der Waals surface area contributed by atoms with Crippen molar-refractivity contribution >= 4 is 11.5 Å². The molecule has 25 heavy (non-hydrogen) atoms. The SMILES string of the molecule is CC(Nc1nccn2c(C3CC3)nnc12)c1cccc(C(F)(F)F)c1. The normalized spacial score (nSPS) is 16.2. The minimum absolute atomic E-state index is 0.359. The highest BCUT2D eigenvalue weighted by molar-refractivity contribution is 5.63. The van der Waals surface area contributed by atoms with Gasteiger partial charge in [0.25, 0.3) is 0 Å². The van der Waals surface area contributed by atoms with Gasteiger partial charge in [-0.15, -0.1) is 10.2 Å². The largest absolute Gasteiger partial charge is 0.416 e. The Morgan fingerprint density at radius 1 is 1.24 bits per heavy atom. The third-order valence-electron chi connectivity index (χ3n) is 4.36. The molecule has 0 bridgehead atoms. The quantitative estimate of drug-likeness (QED) is 0.769. The highest BCUT2D eigenvalue weighted by Crippen LogP contribution is 2.39. The van der Waals surface area contributed by atoms with E-state index in [2.05, 4.69) is 20.5 Å². The molecule has 0 aliphatic heterocycles. The van der Waals surface area contributed by atoms with Crippen molar-refractivity contribution in [1.82, 2.24) is 19.6 Å². The molecule has 3 aromatic rings. The molecular formula is C17H16F3N5. The lowest BCUT2D eigenvalue weighted by molar-refractivity contribution is -0.137. The second-order valence-electron chi connectivity index (χ2n) is 6.29. The smallest absolute Gasteiger partial charge is 0.360 e. The fraction of sp³-hybridized carbons (Fsp3) is 0.353. The van der Waals surface area contributed by atoms with Crippen molar-refractivity contribution in [3.05, 3.63) is 53.6 Å². The highest BCUT2D eigenvalue weighted by atomic mass is 19.4. The number of hydrogen-bond donors (Lipinski definition) is 1. The summed E-state index contributed by atoms with van der Waals surface area (Å²) in [6.07, 6.45) is 1.30. The van der Waals surface area contributed by atoms with E-state index in [-0.39, 0.29) is 6.04 Å². The van der Waals surface area contributed by atoms with E-state index in [1.165, 1.54) is 6.07 Å². The van der Waals surface area contributed by atoms with Crippen LogP contribution in [0.4, 0.5) is 19.0 Å². The van der Waals surface area contributed by atoms with Crippen LogP contribution in [0, 0.1) is 0 Å². The number of alkyl halides is 3. The molecule has 130 valence electrons. The van der Waals surface area contributed by atoms with Gasteiger partial charge in [-0.3, -0.25) is 4.40 Å². The Bertz CT molecular complexity index is 914. The number of fused-ring (bicyclic) bond motifs is 1. The molecule has 1 fully saturated rings. The van der Waals surface area contributed by atoms with Crippen LogP contribution in [0.3, 0.4) is 0 Å². The van der Waals surface area contributed by atoms with Crippen LogP contribution < -0.4 is 5.32 Å². The van der Waals surface area contributed by atoms with E-state index in [4.69, 9.17) is 0 Å². The first-order valence-electron chi connectivity index (χ1n) is 8.07. The molecule has 0 amide bonds. The van der Waals surface area contributed by atoms with Gasteiger partial charge in [0.2, 0.25) is 5.65 Å². The van der Waals surface area contributed by atoms with Crippen molar-refractivity contribution in [3.63, 3.8) is 0 Å². The Morgan fingerprint density at radius 2 is 2.04 bits per heavy atom. The minimum Gasteiger partial charge on any atom is -0.360 e. The zero-order valence-corrected chi connectivity index (χ0v) is 13.5. The van der Waals surface area contributed by atoms with Gasteiger partial charge < -0.3 is 5.32 Å². The van der Waals surface area contributed by atoms with E-state index in [1.807, 2.05) is 10.6 Å². The summed E-state index contributed by atoms with van der Waals surface area (Å²) < 4.78 is 40.6. The van der Waals surface area contributed by atoms with E-state index >= 15 is 0 Å².